The predicted octanol–water partition coefficient (Wildman–Crippen LogP) is 2.84. The summed E-state index contributed by atoms with van der Waals surface area (Å²) < 4.78 is 5.75. The Morgan fingerprint density at radius 1 is 1.38 bits per heavy atom. The molecule has 0 unspecified atom stereocenters. The Balaban J connectivity index is 2.74. The summed E-state index contributed by atoms with van der Waals surface area (Å²) >= 11 is 0. The summed E-state index contributed by atoms with van der Waals surface area (Å²) in [6, 6.07) is 7.52. The van der Waals surface area contributed by atoms with Crippen LogP contribution < -0.4 is 10.5 Å². The fourth-order valence-corrected chi connectivity index (χ4v) is 0.969. The van der Waals surface area contributed by atoms with Gasteiger partial charge in [0.25, 0.3) is 0 Å². The molecule has 72 valence electrons. The fourth-order valence-electron chi connectivity index (χ4n) is 0.969. The molecule has 0 heterocycles. The molecule has 0 saturated carbocycles. The molecule has 0 saturated heterocycles. The van der Waals surface area contributed by atoms with Crippen LogP contribution in [-0.4, -0.2) is 5.60 Å². The first-order valence-electron chi connectivity index (χ1n) is 4.58. The number of hydrogen-bond acceptors (Lipinski definition) is 2. The molecule has 13 heavy (non-hydrogen) atoms. The first kappa shape index (κ1) is 9.90. The van der Waals surface area contributed by atoms with Crippen molar-refractivity contribution in [1.29, 1.82) is 0 Å². The molecule has 0 atom stereocenters. The van der Waals surface area contributed by atoms with Crippen LogP contribution in [0.15, 0.2) is 24.3 Å². The summed E-state index contributed by atoms with van der Waals surface area (Å²) in [5.74, 6) is 0.840. The highest BCUT2D eigenvalue weighted by Gasteiger charge is 2.16. The molecule has 0 aliphatic rings. The average molecular weight is 179 g/mol. The Kier molecular flexibility index (Phi) is 2.81. The Labute approximate surface area is 79.7 Å². The molecule has 0 amide bonds. The Morgan fingerprint density at radius 2 is 2.08 bits per heavy atom. The van der Waals surface area contributed by atoms with E-state index < -0.39 is 0 Å². The number of nitrogen functional groups attached to an aromatic ring is 1. The quantitative estimate of drug-likeness (QED) is 0.724. The normalized spacial score (nSPS) is 11.3. The standard InChI is InChI=1S/C11H17NO/c1-4-11(2,3)13-10-7-5-6-9(12)8-10/h5-8H,4,12H2,1-3H3. The van der Waals surface area contributed by atoms with Gasteiger partial charge in [0.05, 0.1) is 0 Å². The summed E-state index contributed by atoms with van der Waals surface area (Å²) in [6.45, 7) is 6.23. The van der Waals surface area contributed by atoms with E-state index in [1.807, 2.05) is 24.3 Å². The minimum atomic E-state index is -0.117. The van der Waals surface area contributed by atoms with Crippen molar-refractivity contribution in [3.8, 4) is 5.75 Å². The number of rotatable bonds is 3. The summed E-state index contributed by atoms with van der Waals surface area (Å²) in [5.41, 5.74) is 6.26. The number of ether oxygens (including phenoxy) is 1. The SMILES string of the molecule is CCC(C)(C)Oc1cccc(N)c1. The zero-order valence-electron chi connectivity index (χ0n) is 8.50. The van der Waals surface area contributed by atoms with Crippen LogP contribution in [0.3, 0.4) is 0 Å². The van der Waals surface area contributed by atoms with Crippen molar-refractivity contribution in [2.45, 2.75) is 32.8 Å². The van der Waals surface area contributed by atoms with Gasteiger partial charge in [-0.2, -0.15) is 0 Å². The number of anilines is 1. The van der Waals surface area contributed by atoms with Crippen molar-refractivity contribution in [3.63, 3.8) is 0 Å². The maximum absolute atomic E-state index is 5.75. The zero-order valence-corrected chi connectivity index (χ0v) is 8.50. The van der Waals surface area contributed by atoms with E-state index in [-0.39, 0.29) is 5.60 Å². The zero-order chi connectivity index (χ0) is 9.90. The smallest absolute Gasteiger partial charge is 0.122 e. The highest BCUT2D eigenvalue weighted by Crippen LogP contribution is 2.22. The van der Waals surface area contributed by atoms with Crippen molar-refractivity contribution in [1.82, 2.24) is 0 Å². The second-order valence-electron chi connectivity index (χ2n) is 3.79. The maximum atomic E-state index is 5.75. The minimum absolute atomic E-state index is 0.117. The van der Waals surface area contributed by atoms with Gasteiger partial charge in [0.2, 0.25) is 0 Å². The van der Waals surface area contributed by atoms with Gasteiger partial charge in [0.1, 0.15) is 11.4 Å². The maximum Gasteiger partial charge on any atom is 0.122 e. The van der Waals surface area contributed by atoms with Gasteiger partial charge in [0.15, 0.2) is 0 Å². The summed E-state index contributed by atoms with van der Waals surface area (Å²) in [7, 11) is 0. The largest absolute Gasteiger partial charge is 0.488 e. The minimum Gasteiger partial charge on any atom is -0.488 e. The van der Waals surface area contributed by atoms with E-state index in [0.29, 0.717) is 0 Å². The first-order valence-corrected chi connectivity index (χ1v) is 4.58. The van der Waals surface area contributed by atoms with Gasteiger partial charge in [-0.15, -0.1) is 0 Å². The number of benzene rings is 1. The van der Waals surface area contributed by atoms with Crippen molar-refractivity contribution in [3.05, 3.63) is 24.3 Å². The van der Waals surface area contributed by atoms with Crippen LogP contribution in [-0.2, 0) is 0 Å². The molecule has 0 aliphatic heterocycles. The molecular weight excluding hydrogens is 162 g/mol. The highest BCUT2D eigenvalue weighted by atomic mass is 16.5. The number of hydrogen-bond donors (Lipinski definition) is 1. The van der Waals surface area contributed by atoms with E-state index in [2.05, 4.69) is 20.8 Å². The number of nitrogens with two attached hydrogens (primary N) is 1. The van der Waals surface area contributed by atoms with Crippen molar-refractivity contribution < 1.29 is 4.74 Å². The molecule has 0 bridgehead atoms. The van der Waals surface area contributed by atoms with Gasteiger partial charge in [-0.05, 0) is 32.4 Å². The van der Waals surface area contributed by atoms with Crippen LogP contribution >= 0.6 is 0 Å². The van der Waals surface area contributed by atoms with Gasteiger partial charge < -0.3 is 10.5 Å². The first-order chi connectivity index (χ1) is 6.03. The van der Waals surface area contributed by atoms with Gasteiger partial charge in [-0.25, -0.2) is 0 Å². The van der Waals surface area contributed by atoms with Gasteiger partial charge in [0, 0.05) is 11.8 Å². The Hall–Kier alpha value is -1.18. The lowest BCUT2D eigenvalue weighted by molar-refractivity contribution is 0.105. The van der Waals surface area contributed by atoms with E-state index in [1.54, 1.807) is 0 Å². The fraction of sp³-hybridized carbons (Fsp3) is 0.455. The second kappa shape index (κ2) is 3.69. The molecule has 0 aromatic heterocycles. The monoisotopic (exact) mass is 179 g/mol. The molecule has 0 fully saturated rings. The molecule has 1 rings (SSSR count). The van der Waals surface area contributed by atoms with Gasteiger partial charge in [-0.1, -0.05) is 13.0 Å². The Bertz CT molecular complexity index is 281. The summed E-state index contributed by atoms with van der Waals surface area (Å²) in [6.07, 6.45) is 0.974. The van der Waals surface area contributed by atoms with Crippen LogP contribution in [0.5, 0.6) is 5.75 Å². The van der Waals surface area contributed by atoms with E-state index in [4.69, 9.17) is 10.5 Å². The van der Waals surface area contributed by atoms with Gasteiger partial charge >= 0.3 is 0 Å². The lowest BCUT2D eigenvalue weighted by atomic mass is 10.1. The van der Waals surface area contributed by atoms with Gasteiger partial charge in [-0.3, -0.25) is 0 Å². The predicted molar refractivity (Wildman–Crippen MR) is 55.9 cm³/mol. The molecule has 0 radical (unpaired) electrons. The molecule has 2 heteroatoms. The van der Waals surface area contributed by atoms with Crippen LogP contribution in [0.1, 0.15) is 27.2 Å². The molecule has 2 N–H and O–H groups in total. The topological polar surface area (TPSA) is 35.2 Å². The molecule has 0 aliphatic carbocycles. The van der Waals surface area contributed by atoms with Crippen LogP contribution in [0.25, 0.3) is 0 Å². The van der Waals surface area contributed by atoms with Crippen molar-refractivity contribution in [2.24, 2.45) is 0 Å². The van der Waals surface area contributed by atoms with Crippen LogP contribution in [0.4, 0.5) is 5.69 Å². The van der Waals surface area contributed by atoms with E-state index in [0.717, 1.165) is 17.9 Å². The third kappa shape index (κ3) is 2.98. The van der Waals surface area contributed by atoms with E-state index >= 15 is 0 Å². The molecule has 1 aromatic rings. The lowest BCUT2D eigenvalue weighted by Gasteiger charge is -2.24. The van der Waals surface area contributed by atoms with Crippen molar-refractivity contribution >= 4 is 5.69 Å². The molecule has 0 spiro atoms. The van der Waals surface area contributed by atoms with Crippen LogP contribution in [0, 0.1) is 0 Å². The lowest BCUT2D eigenvalue weighted by Crippen LogP contribution is -2.26. The summed E-state index contributed by atoms with van der Waals surface area (Å²) in [5, 5.41) is 0. The van der Waals surface area contributed by atoms with E-state index in [1.165, 1.54) is 0 Å². The average Bonchev–Trinajstić information content (AvgIpc) is 2.03. The highest BCUT2D eigenvalue weighted by molar-refractivity contribution is 5.43. The van der Waals surface area contributed by atoms with Crippen molar-refractivity contribution in [2.75, 3.05) is 5.73 Å². The third-order valence-corrected chi connectivity index (χ3v) is 2.10. The Morgan fingerprint density at radius 3 is 2.62 bits per heavy atom. The van der Waals surface area contributed by atoms with E-state index in [9.17, 15) is 0 Å². The third-order valence-electron chi connectivity index (χ3n) is 2.10. The summed E-state index contributed by atoms with van der Waals surface area (Å²) in [4.78, 5) is 0. The van der Waals surface area contributed by atoms with Crippen LogP contribution in [0.2, 0.25) is 0 Å². The molecule has 2 nitrogen and oxygen atoms in total. The molecule has 1 aromatic carbocycles. The second-order valence-corrected chi connectivity index (χ2v) is 3.79. The molecular formula is C11H17NO.